The SMILES string of the molecule is Cc1cccc(-c2c(C(=O)O)nnn2-c2cccc(Cl)c2)c1. The second-order valence-corrected chi connectivity index (χ2v) is 5.29. The molecule has 0 aliphatic carbocycles. The van der Waals surface area contributed by atoms with Crippen LogP contribution in [0.25, 0.3) is 16.9 Å². The Balaban J connectivity index is 2.26. The van der Waals surface area contributed by atoms with Crippen LogP contribution in [0, 0.1) is 6.92 Å². The Morgan fingerprint density at radius 2 is 1.95 bits per heavy atom. The Morgan fingerprint density at radius 1 is 1.18 bits per heavy atom. The van der Waals surface area contributed by atoms with Gasteiger partial charge in [-0.05, 0) is 31.2 Å². The summed E-state index contributed by atoms with van der Waals surface area (Å²) in [6, 6.07) is 14.6. The van der Waals surface area contributed by atoms with Crippen LogP contribution in [0.2, 0.25) is 5.02 Å². The van der Waals surface area contributed by atoms with Crippen LogP contribution < -0.4 is 0 Å². The van der Waals surface area contributed by atoms with Crippen molar-refractivity contribution in [1.29, 1.82) is 0 Å². The Kier molecular flexibility index (Phi) is 3.65. The summed E-state index contributed by atoms with van der Waals surface area (Å²) in [4.78, 5) is 11.4. The molecule has 1 heterocycles. The number of rotatable bonds is 3. The highest BCUT2D eigenvalue weighted by Crippen LogP contribution is 2.27. The number of hydrogen-bond donors (Lipinski definition) is 1. The van der Waals surface area contributed by atoms with E-state index in [4.69, 9.17) is 11.6 Å². The van der Waals surface area contributed by atoms with Gasteiger partial charge in [-0.25, -0.2) is 9.48 Å². The first-order valence-electron chi connectivity index (χ1n) is 6.58. The van der Waals surface area contributed by atoms with Crippen molar-refractivity contribution in [2.45, 2.75) is 6.92 Å². The average Bonchev–Trinajstić information content (AvgIpc) is 2.92. The second kappa shape index (κ2) is 5.61. The normalized spacial score (nSPS) is 10.6. The Morgan fingerprint density at radius 3 is 2.64 bits per heavy atom. The maximum absolute atomic E-state index is 11.4. The van der Waals surface area contributed by atoms with Gasteiger partial charge in [0.15, 0.2) is 5.69 Å². The fourth-order valence-corrected chi connectivity index (χ4v) is 2.45. The smallest absolute Gasteiger partial charge is 0.358 e. The van der Waals surface area contributed by atoms with Crippen molar-refractivity contribution >= 4 is 17.6 Å². The number of carboxylic acids is 1. The zero-order valence-corrected chi connectivity index (χ0v) is 12.4. The third-order valence-corrected chi connectivity index (χ3v) is 3.45. The van der Waals surface area contributed by atoms with Crippen LogP contribution in [0.1, 0.15) is 16.1 Å². The standard InChI is InChI=1S/C16H12ClN3O2/c1-10-4-2-5-11(8-10)15-14(16(21)22)18-19-20(15)13-7-3-6-12(17)9-13/h2-9H,1H3,(H,21,22). The molecule has 1 aromatic heterocycles. The van der Waals surface area contributed by atoms with Crippen LogP contribution in [0.5, 0.6) is 0 Å². The van der Waals surface area contributed by atoms with Crippen LogP contribution in [-0.2, 0) is 0 Å². The molecule has 3 aromatic rings. The van der Waals surface area contributed by atoms with E-state index in [1.807, 2.05) is 31.2 Å². The van der Waals surface area contributed by atoms with Gasteiger partial charge in [0.1, 0.15) is 5.69 Å². The predicted octanol–water partition coefficient (Wildman–Crippen LogP) is 3.59. The number of carbonyl (C=O) groups is 1. The van der Waals surface area contributed by atoms with Crippen molar-refractivity contribution in [3.63, 3.8) is 0 Å². The third-order valence-electron chi connectivity index (χ3n) is 3.22. The van der Waals surface area contributed by atoms with Crippen molar-refractivity contribution in [1.82, 2.24) is 15.0 Å². The zero-order chi connectivity index (χ0) is 15.7. The minimum absolute atomic E-state index is 0.0921. The van der Waals surface area contributed by atoms with Crippen LogP contribution in [0.3, 0.4) is 0 Å². The summed E-state index contributed by atoms with van der Waals surface area (Å²) < 4.78 is 1.49. The van der Waals surface area contributed by atoms with Crippen LogP contribution in [-0.4, -0.2) is 26.1 Å². The second-order valence-electron chi connectivity index (χ2n) is 4.85. The summed E-state index contributed by atoms with van der Waals surface area (Å²) in [6.45, 7) is 1.94. The number of nitrogens with zero attached hydrogens (tertiary/aromatic N) is 3. The Bertz CT molecular complexity index is 858. The highest BCUT2D eigenvalue weighted by Gasteiger charge is 2.21. The van der Waals surface area contributed by atoms with Gasteiger partial charge in [0.05, 0.1) is 5.69 Å². The maximum Gasteiger partial charge on any atom is 0.358 e. The molecule has 0 atom stereocenters. The lowest BCUT2D eigenvalue weighted by Gasteiger charge is -2.08. The minimum Gasteiger partial charge on any atom is -0.476 e. The first-order chi connectivity index (χ1) is 10.6. The molecule has 0 spiro atoms. The van der Waals surface area contributed by atoms with Crippen molar-refractivity contribution < 1.29 is 9.90 Å². The molecule has 0 saturated heterocycles. The Hall–Kier alpha value is -2.66. The number of aromatic carboxylic acids is 1. The number of hydrogen-bond acceptors (Lipinski definition) is 3. The summed E-state index contributed by atoms with van der Waals surface area (Å²) in [7, 11) is 0. The van der Waals surface area contributed by atoms with Crippen LogP contribution >= 0.6 is 11.6 Å². The van der Waals surface area contributed by atoms with Gasteiger partial charge < -0.3 is 5.11 Å². The van der Waals surface area contributed by atoms with Gasteiger partial charge in [0.25, 0.3) is 0 Å². The minimum atomic E-state index is -1.12. The van der Waals surface area contributed by atoms with Crippen molar-refractivity contribution in [3.05, 3.63) is 64.8 Å². The topological polar surface area (TPSA) is 68.0 Å². The van der Waals surface area contributed by atoms with Crippen molar-refractivity contribution in [2.24, 2.45) is 0 Å². The molecule has 2 aromatic carbocycles. The molecule has 0 aliphatic rings. The summed E-state index contributed by atoms with van der Waals surface area (Å²) in [5.74, 6) is -1.12. The molecule has 110 valence electrons. The number of aryl methyl sites for hydroxylation is 1. The van der Waals surface area contributed by atoms with E-state index in [9.17, 15) is 9.90 Å². The largest absolute Gasteiger partial charge is 0.476 e. The molecule has 5 nitrogen and oxygen atoms in total. The quantitative estimate of drug-likeness (QED) is 0.802. The summed E-state index contributed by atoms with van der Waals surface area (Å²) >= 11 is 6.01. The van der Waals surface area contributed by atoms with E-state index in [-0.39, 0.29) is 5.69 Å². The van der Waals surface area contributed by atoms with Gasteiger partial charge in [-0.2, -0.15) is 0 Å². The number of carboxylic acid groups (broad SMARTS) is 1. The first kappa shape index (κ1) is 14.3. The van der Waals surface area contributed by atoms with E-state index in [1.54, 1.807) is 24.3 Å². The zero-order valence-electron chi connectivity index (χ0n) is 11.7. The molecule has 0 aliphatic heterocycles. The fraction of sp³-hybridized carbons (Fsp3) is 0.0625. The molecule has 0 saturated carbocycles. The van der Waals surface area contributed by atoms with E-state index in [2.05, 4.69) is 10.3 Å². The fourth-order valence-electron chi connectivity index (χ4n) is 2.27. The van der Waals surface area contributed by atoms with Crippen molar-refractivity contribution in [3.8, 4) is 16.9 Å². The number of aromatic nitrogens is 3. The molecule has 0 unspecified atom stereocenters. The van der Waals surface area contributed by atoms with Gasteiger partial charge in [0, 0.05) is 10.6 Å². The summed E-state index contributed by atoms with van der Waals surface area (Å²) in [5, 5.41) is 17.7. The van der Waals surface area contributed by atoms with Gasteiger partial charge in [0.2, 0.25) is 0 Å². The average molecular weight is 314 g/mol. The van der Waals surface area contributed by atoms with E-state index < -0.39 is 5.97 Å². The monoisotopic (exact) mass is 313 g/mol. The molecule has 6 heteroatoms. The molecule has 22 heavy (non-hydrogen) atoms. The lowest BCUT2D eigenvalue weighted by atomic mass is 10.1. The van der Waals surface area contributed by atoms with Crippen molar-refractivity contribution in [2.75, 3.05) is 0 Å². The predicted molar refractivity (Wildman–Crippen MR) is 83.5 cm³/mol. The van der Waals surface area contributed by atoms with Crippen LogP contribution in [0.15, 0.2) is 48.5 Å². The first-order valence-corrected chi connectivity index (χ1v) is 6.96. The summed E-state index contributed by atoms with van der Waals surface area (Å²) in [5.41, 5.74) is 2.75. The van der Waals surface area contributed by atoms with Gasteiger partial charge >= 0.3 is 5.97 Å². The lowest BCUT2D eigenvalue weighted by Crippen LogP contribution is -2.03. The molecule has 0 radical (unpaired) electrons. The lowest BCUT2D eigenvalue weighted by molar-refractivity contribution is 0.0691. The third kappa shape index (κ3) is 2.58. The maximum atomic E-state index is 11.4. The van der Waals surface area contributed by atoms with Gasteiger partial charge in [-0.3, -0.25) is 0 Å². The molecule has 0 amide bonds. The molecule has 3 rings (SSSR count). The number of benzene rings is 2. The van der Waals surface area contributed by atoms with E-state index >= 15 is 0 Å². The highest BCUT2D eigenvalue weighted by atomic mass is 35.5. The summed E-state index contributed by atoms with van der Waals surface area (Å²) in [6.07, 6.45) is 0. The number of halogens is 1. The van der Waals surface area contributed by atoms with E-state index in [0.717, 1.165) is 11.1 Å². The van der Waals surface area contributed by atoms with E-state index in [0.29, 0.717) is 16.4 Å². The molecule has 1 N–H and O–H groups in total. The van der Waals surface area contributed by atoms with Gasteiger partial charge in [-0.15, -0.1) is 5.10 Å². The van der Waals surface area contributed by atoms with E-state index in [1.165, 1.54) is 4.68 Å². The molecular weight excluding hydrogens is 302 g/mol. The molecule has 0 bridgehead atoms. The highest BCUT2D eigenvalue weighted by molar-refractivity contribution is 6.30. The molecule has 0 fully saturated rings. The molecular formula is C16H12ClN3O2. The van der Waals surface area contributed by atoms with Gasteiger partial charge in [-0.1, -0.05) is 46.6 Å². The van der Waals surface area contributed by atoms with Crippen LogP contribution in [0.4, 0.5) is 0 Å². The Labute approximate surface area is 131 Å².